The molecule has 3 heterocycles. The highest BCUT2D eigenvalue weighted by atomic mass is 32.2. The Kier molecular flexibility index (Phi) is 7.76. The summed E-state index contributed by atoms with van der Waals surface area (Å²) in [6, 6.07) is -0.879. The highest BCUT2D eigenvalue weighted by Crippen LogP contribution is 2.52. The average Bonchev–Trinajstić information content (AvgIpc) is 3.22. The molecule has 8 atom stereocenters. The van der Waals surface area contributed by atoms with Crippen LogP contribution >= 0.6 is 30.7 Å². The Morgan fingerprint density at radius 2 is 2.03 bits per heavy atom. The molecular formula is C16H26N4O8P2S2. The summed E-state index contributed by atoms with van der Waals surface area (Å²) < 4.78 is 34.3. The lowest BCUT2D eigenvalue weighted by Crippen LogP contribution is -2.63. The number of nitrogens with zero attached hydrogens (tertiary/aromatic N) is 2. The van der Waals surface area contributed by atoms with Gasteiger partial charge in [0, 0.05) is 35.2 Å². The normalized spacial score (nSPS) is 30.8. The van der Waals surface area contributed by atoms with Gasteiger partial charge in [-0.1, -0.05) is 6.92 Å². The van der Waals surface area contributed by atoms with Gasteiger partial charge in [0.15, 0.2) is 0 Å². The van der Waals surface area contributed by atoms with Gasteiger partial charge in [-0.3, -0.25) is 4.79 Å². The second-order valence-corrected chi connectivity index (χ2v) is 11.1. The number of nitrogens with one attached hydrogen (secondary N) is 1. The van der Waals surface area contributed by atoms with E-state index in [4.69, 9.17) is 14.2 Å². The van der Waals surface area contributed by atoms with E-state index in [0.717, 1.165) is 0 Å². The van der Waals surface area contributed by atoms with Crippen LogP contribution in [0.5, 0.6) is 0 Å². The van der Waals surface area contributed by atoms with Gasteiger partial charge in [0.05, 0.1) is 37.0 Å². The fourth-order valence-corrected chi connectivity index (χ4v) is 6.79. The summed E-state index contributed by atoms with van der Waals surface area (Å²) in [5, 5.41) is 14.8. The van der Waals surface area contributed by atoms with Crippen LogP contribution in [0.1, 0.15) is 20.3 Å². The van der Waals surface area contributed by atoms with Crippen molar-refractivity contribution in [2.45, 2.75) is 43.7 Å². The molecule has 180 valence electrons. The monoisotopic (exact) mass is 528 g/mol. The predicted octanol–water partition coefficient (Wildman–Crippen LogP) is -0.715. The Labute approximate surface area is 194 Å². The average molecular weight is 528 g/mol. The van der Waals surface area contributed by atoms with E-state index in [9.17, 15) is 27.9 Å². The van der Waals surface area contributed by atoms with Gasteiger partial charge >= 0.3 is 12.1 Å². The molecule has 2 amide bonds. The first-order chi connectivity index (χ1) is 14.9. The standard InChI is InChI=1S/C16H26N4O8P2S2/c1-6-11-10(7(2)21)14(22)20(11)12(15(23)27-29)13(6)31-9-3-8(4-18-32(17,25)26)19(5-9)16(24)28-30/h6-11,18,21H,3-5,29-30H2,1-2H3,(H2,17,25,26)/t6-,7-,8+,9+,10-,11-/m1/s1. The van der Waals surface area contributed by atoms with Gasteiger partial charge in [0.1, 0.15) is 5.70 Å². The molecule has 16 heteroatoms. The van der Waals surface area contributed by atoms with Crippen molar-refractivity contribution >= 4 is 58.9 Å². The quantitative estimate of drug-likeness (QED) is 0.285. The lowest BCUT2D eigenvalue weighted by Gasteiger charge is -2.46. The van der Waals surface area contributed by atoms with E-state index in [2.05, 4.69) is 4.72 Å². The van der Waals surface area contributed by atoms with Gasteiger partial charge in [-0.2, -0.15) is 8.42 Å². The molecule has 0 aromatic heterocycles. The highest BCUT2D eigenvalue weighted by molar-refractivity contribution is 8.03. The summed E-state index contributed by atoms with van der Waals surface area (Å²) in [6.45, 7) is 3.54. The summed E-state index contributed by atoms with van der Waals surface area (Å²) in [5.41, 5.74) is 0.135. The molecule has 2 fully saturated rings. The first kappa shape index (κ1) is 25.6. The maximum atomic E-state index is 12.6. The Morgan fingerprint density at radius 1 is 1.38 bits per heavy atom. The molecule has 2 saturated heterocycles. The number of fused-ring (bicyclic) bond motifs is 1. The van der Waals surface area contributed by atoms with E-state index >= 15 is 0 Å². The molecular weight excluding hydrogens is 502 g/mol. The van der Waals surface area contributed by atoms with Crippen LogP contribution in [0, 0.1) is 11.8 Å². The smallest absolute Gasteiger partial charge is 0.412 e. The van der Waals surface area contributed by atoms with Gasteiger partial charge in [0.2, 0.25) is 5.91 Å². The van der Waals surface area contributed by atoms with Crippen LogP contribution in [-0.4, -0.2) is 77.8 Å². The molecule has 12 nitrogen and oxygen atoms in total. The van der Waals surface area contributed by atoms with Gasteiger partial charge in [-0.15, -0.1) is 11.8 Å². The molecule has 3 aliphatic heterocycles. The van der Waals surface area contributed by atoms with Crippen LogP contribution in [0.2, 0.25) is 0 Å². The van der Waals surface area contributed by atoms with Crippen molar-refractivity contribution < 1.29 is 37.0 Å². The molecule has 0 bridgehead atoms. The minimum atomic E-state index is -3.95. The second-order valence-electron chi connectivity index (χ2n) is 7.93. The number of thioether (sulfide) groups is 1. The molecule has 0 saturated carbocycles. The third-order valence-corrected chi connectivity index (χ3v) is 8.41. The maximum Gasteiger partial charge on any atom is 0.412 e. The van der Waals surface area contributed by atoms with E-state index in [0.29, 0.717) is 11.3 Å². The van der Waals surface area contributed by atoms with Crippen LogP contribution in [0.4, 0.5) is 4.79 Å². The molecule has 3 aliphatic rings. The van der Waals surface area contributed by atoms with Crippen molar-refractivity contribution in [3.8, 4) is 0 Å². The minimum absolute atomic E-state index is 0.0951. The van der Waals surface area contributed by atoms with Crippen LogP contribution in [-0.2, 0) is 28.8 Å². The SMILES string of the molecule is C[C@@H](O)[C@H]1C(=O)N2C(C(=O)OP)=C(S[C@H]3C[C@@H](CNS(N)(=O)=O)N(C(=O)OP)C3)[C@H](C)[C@H]12. The van der Waals surface area contributed by atoms with Crippen molar-refractivity contribution in [1.82, 2.24) is 14.5 Å². The fraction of sp³-hybridized carbons (Fsp3) is 0.688. The van der Waals surface area contributed by atoms with Crippen molar-refractivity contribution in [3.63, 3.8) is 0 Å². The van der Waals surface area contributed by atoms with Crippen molar-refractivity contribution in [1.29, 1.82) is 0 Å². The number of hydrogen-bond acceptors (Lipinski definition) is 9. The highest BCUT2D eigenvalue weighted by Gasteiger charge is 2.60. The zero-order valence-electron chi connectivity index (χ0n) is 17.3. The number of aliphatic hydroxyl groups is 1. The Bertz CT molecular complexity index is 946. The number of carbonyl (C=O) groups is 3. The number of hydrogen-bond donors (Lipinski definition) is 3. The van der Waals surface area contributed by atoms with Crippen LogP contribution in [0.3, 0.4) is 0 Å². The zero-order chi connectivity index (χ0) is 24.0. The number of amides is 2. The van der Waals surface area contributed by atoms with Crippen molar-refractivity contribution in [3.05, 3.63) is 10.6 Å². The summed E-state index contributed by atoms with van der Waals surface area (Å²) in [4.78, 5) is 40.7. The first-order valence-corrected chi connectivity index (χ1v) is 13.1. The zero-order valence-corrected chi connectivity index (χ0v) is 21.3. The fourth-order valence-electron chi connectivity index (χ4n) is 4.56. The minimum Gasteiger partial charge on any atom is -0.447 e. The lowest BCUT2D eigenvalue weighted by molar-refractivity contribution is -0.162. The number of β-lactam (4-membered cyclic amide) rings is 1. The predicted molar refractivity (Wildman–Crippen MR) is 122 cm³/mol. The number of nitrogens with two attached hydrogens (primary N) is 1. The lowest BCUT2D eigenvalue weighted by atomic mass is 9.79. The Balaban J connectivity index is 1.84. The van der Waals surface area contributed by atoms with Crippen LogP contribution in [0.15, 0.2) is 10.6 Å². The van der Waals surface area contributed by atoms with E-state index in [1.807, 2.05) is 25.9 Å². The molecule has 0 aromatic carbocycles. The molecule has 0 spiro atoms. The largest absolute Gasteiger partial charge is 0.447 e. The summed E-state index contributed by atoms with van der Waals surface area (Å²) in [6.07, 6.45) is -1.12. The van der Waals surface area contributed by atoms with Gasteiger partial charge in [-0.25, -0.2) is 19.5 Å². The van der Waals surface area contributed by atoms with E-state index in [-0.39, 0.29) is 41.9 Å². The van der Waals surface area contributed by atoms with Gasteiger partial charge in [-0.05, 0) is 13.3 Å². The first-order valence-electron chi connectivity index (χ1n) is 9.69. The molecule has 0 radical (unpaired) electrons. The topological polar surface area (TPSA) is 169 Å². The summed E-state index contributed by atoms with van der Waals surface area (Å²) >= 11 is 1.34. The van der Waals surface area contributed by atoms with Gasteiger partial charge in [0.25, 0.3) is 10.2 Å². The molecule has 2 unspecified atom stereocenters. The third-order valence-electron chi connectivity index (χ3n) is 5.93. The molecule has 4 N–H and O–H groups in total. The van der Waals surface area contributed by atoms with Gasteiger partial charge < -0.3 is 24.0 Å². The Hall–Kier alpha value is -1.01. The Morgan fingerprint density at radius 3 is 2.56 bits per heavy atom. The molecule has 0 aromatic rings. The number of rotatable bonds is 7. The number of carbonyl (C=O) groups excluding carboxylic acids is 3. The molecule has 0 aliphatic carbocycles. The summed E-state index contributed by atoms with van der Waals surface area (Å²) in [7, 11) is -0.214. The maximum absolute atomic E-state index is 12.6. The molecule has 3 rings (SSSR count). The third kappa shape index (κ3) is 4.77. The second kappa shape index (κ2) is 9.69. The van der Waals surface area contributed by atoms with Crippen LogP contribution in [0.25, 0.3) is 0 Å². The number of aliphatic hydroxyl groups excluding tert-OH is 1. The van der Waals surface area contributed by atoms with E-state index in [1.54, 1.807) is 0 Å². The van der Waals surface area contributed by atoms with E-state index < -0.39 is 40.3 Å². The number of likely N-dealkylation sites (tertiary alicyclic amines) is 1. The molecule has 32 heavy (non-hydrogen) atoms. The van der Waals surface area contributed by atoms with Crippen molar-refractivity contribution in [2.24, 2.45) is 17.0 Å². The summed E-state index contributed by atoms with van der Waals surface area (Å²) in [5.74, 6) is -1.88. The van der Waals surface area contributed by atoms with Crippen LogP contribution < -0.4 is 9.86 Å². The van der Waals surface area contributed by atoms with E-state index in [1.165, 1.54) is 28.5 Å². The van der Waals surface area contributed by atoms with Crippen molar-refractivity contribution in [2.75, 3.05) is 13.1 Å².